The molecule has 0 aliphatic heterocycles. The van der Waals surface area contributed by atoms with Gasteiger partial charge in [-0.3, -0.25) is 4.79 Å². The summed E-state index contributed by atoms with van der Waals surface area (Å²) in [4.78, 5) is 12.8. The van der Waals surface area contributed by atoms with Gasteiger partial charge >= 0.3 is 0 Å². The van der Waals surface area contributed by atoms with Crippen molar-refractivity contribution in [1.29, 1.82) is 0 Å². The minimum Gasteiger partial charge on any atom is -0.409 e. The number of rotatable bonds is 5. The van der Waals surface area contributed by atoms with Crippen LogP contribution in [0.25, 0.3) is 0 Å². The molecule has 120 valence electrons. The molecular formula is C16H29N3O2. The van der Waals surface area contributed by atoms with Gasteiger partial charge in [0.25, 0.3) is 0 Å². The van der Waals surface area contributed by atoms with Crippen molar-refractivity contribution >= 4 is 11.7 Å². The summed E-state index contributed by atoms with van der Waals surface area (Å²) in [5, 5.41) is 15.4. The molecule has 0 bridgehead atoms. The largest absolute Gasteiger partial charge is 0.409 e. The normalized spacial score (nSPS) is 24.7. The number of nitrogens with zero attached hydrogens (tertiary/aromatic N) is 1. The van der Waals surface area contributed by atoms with Crippen molar-refractivity contribution in [2.45, 2.75) is 71.1 Å². The van der Waals surface area contributed by atoms with Crippen molar-refractivity contribution in [2.24, 2.45) is 21.7 Å². The summed E-state index contributed by atoms with van der Waals surface area (Å²) in [7, 11) is 0. The molecule has 2 saturated carbocycles. The van der Waals surface area contributed by atoms with Gasteiger partial charge in [-0.1, -0.05) is 44.2 Å². The summed E-state index contributed by atoms with van der Waals surface area (Å²) in [5.74, 6) is 0.0421. The smallest absolute Gasteiger partial charge is 0.233 e. The van der Waals surface area contributed by atoms with E-state index in [1.165, 1.54) is 19.3 Å². The van der Waals surface area contributed by atoms with Crippen LogP contribution in [0.2, 0.25) is 0 Å². The molecule has 2 rings (SSSR count). The fourth-order valence-electron chi connectivity index (χ4n) is 3.80. The third-order valence-electron chi connectivity index (χ3n) is 5.78. The van der Waals surface area contributed by atoms with Crippen LogP contribution in [0.1, 0.15) is 71.1 Å². The molecule has 0 spiro atoms. The molecule has 2 fully saturated rings. The number of hydrogen-bond acceptors (Lipinski definition) is 3. The molecule has 1 amide bonds. The van der Waals surface area contributed by atoms with Crippen molar-refractivity contribution in [3.63, 3.8) is 0 Å². The van der Waals surface area contributed by atoms with Gasteiger partial charge in [-0.2, -0.15) is 0 Å². The zero-order valence-corrected chi connectivity index (χ0v) is 13.2. The van der Waals surface area contributed by atoms with Gasteiger partial charge in [-0.25, -0.2) is 0 Å². The first-order chi connectivity index (χ1) is 10.1. The average molecular weight is 295 g/mol. The van der Waals surface area contributed by atoms with Crippen molar-refractivity contribution in [2.75, 3.05) is 6.54 Å². The van der Waals surface area contributed by atoms with E-state index in [1.54, 1.807) is 0 Å². The van der Waals surface area contributed by atoms with Crippen LogP contribution in [0, 0.1) is 10.8 Å². The number of carbonyl (C=O) groups is 1. The van der Waals surface area contributed by atoms with E-state index in [0.717, 1.165) is 38.6 Å². The molecule has 0 unspecified atom stereocenters. The molecule has 0 aromatic heterocycles. The highest BCUT2D eigenvalue weighted by Crippen LogP contribution is 2.43. The maximum Gasteiger partial charge on any atom is 0.233 e. The lowest BCUT2D eigenvalue weighted by Gasteiger charge is -2.42. The minimum absolute atomic E-state index is 0.0422. The number of nitrogens with one attached hydrogen (secondary N) is 1. The van der Waals surface area contributed by atoms with Crippen LogP contribution in [0.3, 0.4) is 0 Å². The van der Waals surface area contributed by atoms with Crippen LogP contribution >= 0.6 is 0 Å². The fraction of sp³-hybridized carbons (Fsp3) is 0.875. The van der Waals surface area contributed by atoms with Crippen molar-refractivity contribution in [1.82, 2.24) is 5.32 Å². The topological polar surface area (TPSA) is 87.7 Å². The summed E-state index contributed by atoms with van der Waals surface area (Å²) in [5.41, 5.74) is 5.39. The van der Waals surface area contributed by atoms with Crippen molar-refractivity contribution in [3.8, 4) is 0 Å². The molecule has 5 heteroatoms. The van der Waals surface area contributed by atoms with E-state index >= 15 is 0 Å². The summed E-state index contributed by atoms with van der Waals surface area (Å²) in [6.07, 6.45) is 10.3. The maximum absolute atomic E-state index is 12.8. The lowest BCUT2D eigenvalue weighted by molar-refractivity contribution is -0.129. The zero-order valence-electron chi connectivity index (χ0n) is 13.2. The molecule has 4 N–H and O–H groups in total. The standard InChI is InChI=1S/C16H29N3O2/c1-2-15(8-7-9-15)12-18-14(20)16(13(17)19-21)10-5-3-4-6-11-16/h21H,2-12H2,1H3,(H2,17,19)(H,18,20). The number of carbonyl (C=O) groups excluding carboxylic acids is 1. The summed E-state index contributed by atoms with van der Waals surface area (Å²) >= 11 is 0. The van der Waals surface area contributed by atoms with E-state index in [-0.39, 0.29) is 17.2 Å². The van der Waals surface area contributed by atoms with Gasteiger partial charge in [-0.15, -0.1) is 0 Å². The van der Waals surface area contributed by atoms with E-state index in [2.05, 4.69) is 17.4 Å². The molecule has 5 nitrogen and oxygen atoms in total. The molecule has 2 aliphatic carbocycles. The van der Waals surface area contributed by atoms with Gasteiger partial charge < -0.3 is 16.3 Å². The molecule has 0 aromatic rings. The number of amidine groups is 1. The second-order valence-electron chi connectivity index (χ2n) is 6.87. The number of amides is 1. The first kappa shape index (κ1) is 16.1. The lowest BCUT2D eigenvalue weighted by atomic mass is 9.67. The van der Waals surface area contributed by atoms with E-state index in [0.29, 0.717) is 12.8 Å². The number of hydrogen-bond donors (Lipinski definition) is 3. The lowest BCUT2D eigenvalue weighted by Crippen LogP contribution is -2.52. The summed E-state index contributed by atoms with van der Waals surface area (Å²) in [6.45, 7) is 2.92. The highest BCUT2D eigenvalue weighted by Gasteiger charge is 2.44. The molecule has 0 radical (unpaired) electrons. The summed E-state index contributed by atoms with van der Waals surface area (Å²) in [6, 6.07) is 0. The molecule has 0 saturated heterocycles. The van der Waals surface area contributed by atoms with E-state index < -0.39 is 5.41 Å². The predicted molar refractivity (Wildman–Crippen MR) is 83.1 cm³/mol. The summed E-state index contributed by atoms with van der Waals surface area (Å²) < 4.78 is 0. The average Bonchev–Trinajstić information content (AvgIpc) is 2.72. The Balaban J connectivity index is 2.07. The molecule has 0 atom stereocenters. The first-order valence-electron chi connectivity index (χ1n) is 8.35. The minimum atomic E-state index is -0.802. The van der Waals surface area contributed by atoms with Crippen LogP contribution in [-0.2, 0) is 4.79 Å². The van der Waals surface area contributed by atoms with Gasteiger partial charge in [0.05, 0.1) is 0 Å². The van der Waals surface area contributed by atoms with E-state index in [4.69, 9.17) is 10.9 Å². The molecule has 0 heterocycles. The Hall–Kier alpha value is -1.26. The zero-order chi connectivity index (χ0) is 15.3. The van der Waals surface area contributed by atoms with Crippen LogP contribution in [0.4, 0.5) is 0 Å². The van der Waals surface area contributed by atoms with Gasteiger partial charge in [0.15, 0.2) is 5.84 Å². The van der Waals surface area contributed by atoms with Gasteiger partial charge in [-0.05, 0) is 37.5 Å². The molecular weight excluding hydrogens is 266 g/mol. The number of oxime groups is 1. The fourth-order valence-corrected chi connectivity index (χ4v) is 3.80. The van der Waals surface area contributed by atoms with Crippen molar-refractivity contribution < 1.29 is 10.0 Å². The van der Waals surface area contributed by atoms with Crippen LogP contribution < -0.4 is 11.1 Å². The second-order valence-corrected chi connectivity index (χ2v) is 6.87. The molecule has 21 heavy (non-hydrogen) atoms. The highest BCUT2D eigenvalue weighted by atomic mass is 16.4. The van der Waals surface area contributed by atoms with E-state index in [9.17, 15) is 4.79 Å². The van der Waals surface area contributed by atoms with Gasteiger partial charge in [0.2, 0.25) is 5.91 Å². The first-order valence-corrected chi connectivity index (χ1v) is 8.35. The van der Waals surface area contributed by atoms with Crippen LogP contribution in [-0.4, -0.2) is 23.5 Å². The monoisotopic (exact) mass is 295 g/mol. The third kappa shape index (κ3) is 3.16. The quantitative estimate of drug-likeness (QED) is 0.239. The Morgan fingerprint density at radius 3 is 2.19 bits per heavy atom. The molecule has 2 aliphatic rings. The van der Waals surface area contributed by atoms with Gasteiger partial charge in [0, 0.05) is 6.54 Å². The maximum atomic E-state index is 12.8. The number of nitrogens with two attached hydrogens (primary N) is 1. The third-order valence-corrected chi connectivity index (χ3v) is 5.78. The Morgan fingerprint density at radius 2 is 1.76 bits per heavy atom. The highest BCUT2D eigenvalue weighted by molar-refractivity contribution is 6.06. The Labute approximate surface area is 127 Å². The Bertz CT molecular complexity index is 389. The SMILES string of the molecule is CCC1(CNC(=O)C2(C(N)=NO)CCCCCC2)CCC1. The second kappa shape index (κ2) is 6.67. The Kier molecular flexibility index (Phi) is 5.12. The molecule has 0 aromatic carbocycles. The van der Waals surface area contributed by atoms with Crippen LogP contribution in [0.15, 0.2) is 5.16 Å². The Morgan fingerprint density at radius 1 is 1.14 bits per heavy atom. The predicted octanol–water partition coefficient (Wildman–Crippen LogP) is 2.77. The van der Waals surface area contributed by atoms with Crippen LogP contribution in [0.5, 0.6) is 0 Å². The van der Waals surface area contributed by atoms with Gasteiger partial charge in [0.1, 0.15) is 5.41 Å². The van der Waals surface area contributed by atoms with Crippen molar-refractivity contribution in [3.05, 3.63) is 0 Å². The van der Waals surface area contributed by atoms with E-state index in [1.807, 2.05) is 0 Å².